The lowest BCUT2D eigenvalue weighted by Crippen LogP contribution is -1.97. The van der Waals surface area contributed by atoms with E-state index in [9.17, 15) is 15.8 Å². The molecule has 0 aliphatic heterocycles. The Morgan fingerprint density at radius 3 is 1.42 bits per heavy atom. The van der Waals surface area contributed by atoms with Gasteiger partial charge in [0.2, 0.25) is 0 Å². The molecule has 0 atom stereocenters. The monoisotopic (exact) mass is 724 g/mol. The van der Waals surface area contributed by atoms with Crippen molar-refractivity contribution in [2.45, 2.75) is 0 Å². The molecule has 0 radical (unpaired) electrons. The minimum Gasteiger partial charge on any atom is -0.309 e. The van der Waals surface area contributed by atoms with E-state index in [-0.39, 0.29) is 0 Å². The first-order chi connectivity index (χ1) is 28.1. The number of rotatable bonds is 4. The molecule has 262 valence electrons. The van der Waals surface area contributed by atoms with E-state index in [1.54, 1.807) is 0 Å². The van der Waals surface area contributed by atoms with Crippen LogP contribution in [-0.2, 0) is 0 Å². The summed E-state index contributed by atoms with van der Waals surface area (Å²) in [6.45, 7) is 0. The largest absolute Gasteiger partial charge is 0.309 e. The summed E-state index contributed by atoms with van der Waals surface area (Å²) in [5.41, 5.74) is 13.0. The summed E-state index contributed by atoms with van der Waals surface area (Å²) in [4.78, 5) is 0. The summed E-state index contributed by atoms with van der Waals surface area (Å²) in [6.07, 6.45) is 0. The van der Waals surface area contributed by atoms with Gasteiger partial charge in [0.1, 0.15) is 0 Å². The number of hydrogen-bond donors (Lipinski definition) is 0. The molecule has 11 rings (SSSR count). The molecular weight excluding hydrogens is 697 g/mol. The van der Waals surface area contributed by atoms with Gasteiger partial charge in [-0.15, -0.1) is 0 Å². The summed E-state index contributed by atoms with van der Waals surface area (Å²) in [6, 6.07) is 64.9. The molecule has 6 heteroatoms. The van der Waals surface area contributed by atoms with Crippen molar-refractivity contribution in [2.75, 3.05) is 0 Å². The van der Waals surface area contributed by atoms with Gasteiger partial charge in [0.05, 0.1) is 73.7 Å². The number of hydrogen-bond acceptors (Lipinski definition) is 3. The minimum atomic E-state index is 0.574. The van der Waals surface area contributed by atoms with E-state index in [4.69, 9.17) is 0 Å². The van der Waals surface area contributed by atoms with Crippen LogP contribution in [-0.4, -0.2) is 13.7 Å². The third-order valence-electron chi connectivity index (χ3n) is 11.3. The Labute approximate surface area is 326 Å². The van der Waals surface area contributed by atoms with Crippen molar-refractivity contribution in [3.63, 3.8) is 0 Å². The molecule has 8 aromatic carbocycles. The van der Waals surface area contributed by atoms with Gasteiger partial charge in [-0.1, -0.05) is 72.8 Å². The topological polar surface area (TPSA) is 86.2 Å². The standard InChI is InChI=1S/C51H28N6/c52-29-32-16-22-47-42(26-32)43-27-33(30-53)17-23-48(43)57(47)50-15-7-14-49-51(50)41-10-3-6-13-46(41)55(49)37-20-18-35(19-21-37)36-24-34(31-54)25-38(28-36)56-44-11-4-1-8-39(44)40-9-2-5-12-45(40)56/h1-28H. The molecule has 0 fully saturated rings. The lowest BCUT2D eigenvalue weighted by Gasteiger charge is -2.13. The van der Waals surface area contributed by atoms with E-state index in [0.29, 0.717) is 16.7 Å². The molecular formula is C51H28N6. The normalized spacial score (nSPS) is 11.5. The molecule has 11 aromatic rings. The maximum Gasteiger partial charge on any atom is 0.0992 e. The molecule has 0 spiro atoms. The number of para-hydroxylation sites is 3. The first kappa shape index (κ1) is 32.1. The summed E-state index contributed by atoms with van der Waals surface area (Å²) >= 11 is 0. The van der Waals surface area contributed by atoms with Gasteiger partial charge in [0, 0.05) is 43.7 Å². The Kier molecular flexibility index (Phi) is 6.95. The predicted molar refractivity (Wildman–Crippen MR) is 229 cm³/mol. The average Bonchev–Trinajstić information content (AvgIpc) is 3.91. The molecule has 0 saturated heterocycles. The highest BCUT2D eigenvalue weighted by atomic mass is 15.0. The van der Waals surface area contributed by atoms with E-state index in [0.717, 1.165) is 82.8 Å². The number of nitrogens with zero attached hydrogens (tertiary/aromatic N) is 6. The second-order valence-electron chi connectivity index (χ2n) is 14.3. The van der Waals surface area contributed by atoms with Crippen molar-refractivity contribution in [3.8, 4) is 46.4 Å². The van der Waals surface area contributed by atoms with Gasteiger partial charge < -0.3 is 13.7 Å². The molecule has 6 nitrogen and oxygen atoms in total. The maximum absolute atomic E-state index is 10.2. The summed E-state index contributed by atoms with van der Waals surface area (Å²) in [5.74, 6) is 0. The first-order valence-corrected chi connectivity index (χ1v) is 18.7. The molecule has 0 unspecified atom stereocenters. The van der Waals surface area contributed by atoms with Crippen LogP contribution in [0.15, 0.2) is 170 Å². The fraction of sp³-hybridized carbons (Fsp3) is 0. The Balaban J connectivity index is 1.08. The van der Waals surface area contributed by atoms with Gasteiger partial charge in [-0.2, -0.15) is 15.8 Å². The van der Waals surface area contributed by atoms with Crippen LogP contribution in [0.5, 0.6) is 0 Å². The van der Waals surface area contributed by atoms with E-state index in [2.05, 4.69) is 153 Å². The molecule has 0 amide bonds. The minimum absolute atomic E-state index is 0.574. The number of aromatic nitrogens is 3. The highest BCUT2D eigenvalue weighted by Gasteiger charge is 2.20. The Morgan fingerprint density at radius 1 is 0.316 bits per heavy atom. The van der Waals surface area contributed by atoms with Crippen LogP contribution in [0.3, 0.4) is 0 Å². The zero-order valence-corrected chi connectivity index (χ0v) is 30.3. The average molecular weight is 725 g/mol. The molecule has 0 saturated carbocycles. The number of benzene rings is 8. The molecule has 57 heavy (non-hydrogen) atoms. The highest BCUT2D eigenvalue weighted by Crippen LogP contribution is 2.41. The van der Waals surface area contributed by atoms with Crippen molar-refractivity contribution in [2.24, 2.45) is 0 Å². The van der Waals surface area contributed by atoms with Gasteiger partial charge in [0.15, 0.2) is 0 Å². The van der Waals surface area contributed by atoms with Crippen molar-refractivity contribution in [1.82, 2.24) is 13.7 Å². The van der Waals surface area contributed by atoms with Crippen molar-refractivity contribution in [1.29, 1.82) is 15.8 Å². The second-order valence-corrected chi connectivity index (χ2v) is 14.3. The van der Waals surface area contributed by atoms with Crippen LogP contribution in [0.4, 0.5) is 0 Å². The zero-order chi connectivity index (χ0) is 38.2. The fourth-order valence-corrected chi connectivity index (χ4v) is 8.86. The van der Waals surface area contributed by atoms with E-state index < -0.39 is 0 Å². The SMILES string of the molecule is N#Cc1cc(-c2ccc(-n3c4ccccc4c4c(-n5c6ccc(C#N)cc6c6cc(C#N)ccc65)cccc43)cc2)cc(-n2c3ccccc3c3ccccc32)c1. The van der Waals surface area contributed by atoms with Gasteiger partial charge in [-0.25, -0.2) is 0 Å². The maximum atomic E-state index is 10.2. The summed E-state index contributed by atoms with van der Waals surface area (Å²) < 4.78 is 6.82. The molecule has 0 bridgehead atoms. The highest BCUT2D eigenvalue weighted by molar-refractivity contribution is 6.17. The second kappa shape index (κ2) is 12.3. The first-order valence-electron chi connectivity index (χ1n) is 18.7. The Morgan fingerprint density at radius 2 is 0.825 bits per heavy atom. The third-order valence-corrected chi connectivity index (χ3v) is 11.3. The van der Waals surface area contributed by atoms with Gasteiger partial charge in [0.25, 0.3) is 0 Å². The Hall–Kier alpha value is -8.37. The number of fused-ring (bicyclic) bond motifs is 9. The molecule has 0 aliphatic rings. The fourth-order valence-electron chi connectivity index (χ4n) is 8.86. The molecule has 0 N–H and O–H groups in total. The van der Waals surface area contributed by atoms with Gasteiger partial charge in [-0.05, 0) is 108 Å². The van der Waals surface area contributed by atoms with E-state index in [1.807, 2.05) is 48.5 Å². The Bertz CT molecular complexity index is 3490. The van der Waals surface area contributed by atoms with Crippen molar-refractivity contribution in [3.05, 3.63) is 187 Å². The predicted octanol–water partition coefficient (Wildman–Crippen LogP) is 12.3. The summed E-state index contributed by atoms with van der Waals surface area (Å²) in [7, 11) is 0. The quantitative estimate of drug-likeness (QED) is 0.181. The molecule has 3 aromatic heterocycles. The van der Waals surface area contributed by atoms with E-state index in [1.165, 1.54) is 10.8 Å². The summed E-state index contributed by atoms with van der Waals surface area (Å²) in [5, 5.41) is 36.1. The lowest BCUT2D eigenvalue weighted by atomic mass is 10.0. The lowest BCUT2D eigenvalue weighted by molar-refractivity contribution is 1.17. The van der Waals surface area contributed by atoms with Crippen LogP contribution in [0.2, 0.25) is 0 Å². The van der Waals surface area contributed by atoms with E-state index >= 15 is 0 Å². The smallest absolute Gasteiger partial charge is 0.0992 e. The molecule has 0 aliphatic carbocycles. The van der Waals surface area contributed by atoms with Crippen molar-refractivity contribution < 1.29 is 0 Å². The van der Waals surface area contributed by atoms with Crippen LogP contribution < -0.4 is 0 Å². The van der Waals surface area contributed by atoms with Gasteiger partial charge in [-0.3, -0.25) is 0 Å². The third kappa shape index (κ3) is 4.74. The number of nitriles is 3. The molecule has 3 heterocycles. The van der Waals surface area contributed by atoms with Crippen LogP contribution in [0, 0.1) is 34.0 Å². The zero-order valence-electron chi connectivity index (χ0n) is 30.3. The van der Waals surface area contributed by atoms with Crippen LogP contribution >= 0.6 is 0 Å². The van der Waals surface area contributed by atoms with Crippen LogP contribution in [0.25, 0.3) is 93.6 Å². The van der Waals surface area contributed by atoms with Crippen molar-refractivity contribution >= 4 is 65.4 Å². The van der Waals surface area contributed by atoms with Crippen LogP contribution in [0.1, 0.15) is 16.7 Å². The van der Waals surface area contributed by atoms with Gasteiger partial charge >= 0.3 is 0 Å².